The number of carbonyl (C=O) groups excluding carboxylic acids is 1. The van der Waals surface area contributed by atoms with Gasteiger partial charge < -0.3 is 5.32 Å². The highest BCUT2D eigenvalue weighted by Crippen LogP contribution is 2.21. The molecule has 3 aromatic rings. The van der Waals surface area contributed by atoms with Crippen LogP contribution in [0.2, 0.25) is 0 Å². The molecular weight excluding hydrogens is 282 g/mol. The molecule has 1 N–H and O–H groups in total. The summed E-state index contributed by atoms with van der Waals surface area (Å²) in [7, 11) is 0. The molecule has 0 saturated carbocycles. The molecule has 0 aliphatic carbocycles. The maximum atomic E-state index is 12.0. The van der Waals surface area contributed by atoms with Gasteiger partial charge in [0.05, 0.1) is 5.56 Å². The molecule has 5 heteroatoms. The monoisotopic (exact) mass is 295 g/mol. The molecule has 104 valence electrons. The minimum absolute atomic E-state index is 0.135. The SMILES string of the molecule is O=C(NCc1cncc(-c2ccsc2)c1)c1cccnc1. The van der Waals surface area contributed by atoms with Crippen LogP contribution in [-0.4, -0.2) is 15.9 Å². The first-order valence-electron chi connectivity index (χ1n) is 6.47. The molecule has 0 radical (unpaired) electrons. The van der Waals surface area contributed by atoms with Crippen LogP contribution in [0.25, 0.3) is 11.1 Å². The van der Waals surface area contributed by atoms with Crippen molar-refractivity contribution >= 4 is 17.2 Å². The van der Waals surface area contributed by atoms with Crippen LogP contribution in [0.1, 0.15) is 15.9 Å². The zero-order chi connectivity index (χ0) is 14.5. The summed E-state index contributed by atoms with van der Waals surface area (Å²) in [5.41, 5.74) is 3.73. The molecule has 0 aromatic carbocycles. The number of nitrogens with zero attached hydrogens (tertiary/aromatic N) is 2. The highest BCUT2D eigenvalue weighted by atomic mass is 32.1. The standard InChI is InChI=1S/C16H13N3OS/c20-16(13-2-1-4-17-9-13)19-8-12-6-15(10-18-7-12)14-3-5-21-11-14/h1-7,9-11H,8H2,(H,19,20). The van der Waals surface area contributed by atoms with Gasteiger partial charge in [-0.25, -0.2) is 0 Å². The van der Waals surface area contributed by atoms with Crippen molar-refractivity contribution in [1.82, 2.24) is 15.3 Å². The second-order valence-corrected chi connectivity index (χ2v) is 5.30. The fraction of sp³-hybridized carbons (Fsp3) is 0.0625. The molecule has 3 rings (SSSR count). The Labute approximate surface area is 126 Å². The Hall–Kier alpha value is -2.53. The van der Waals surface area contributed by atoms with Gasteiger partial charge in [0.15, 0.2) is 0 Å². The Morgan fingerprint density at radius 3 is 2.86 bits per heavy atom. The molecule has 1 amide bonds. The normalized spacial score (nSPS) is 10.3. The van der Waals surface area contributed by atoms with Crippen molar-refractivity contribution in [2.45, 2.75) is 6.54 Å². The smallest absolute Gasteiger partial charge is 0.253 e. The van der Waals surface area contributed by atoms with E-state index in [0.717, 1.165) is 16.7 Å². The summed E-state index contributed by atoms with van der Waals surface area (Å²) in [4.78, 5) is 20.1. The van der Waals surface area contributed by atoms with Gasteiger partial charge in [-0.2, -0.15) is 11.3 Å². The highest BCUT2D eigenvalue weighted by molar-refractivity contribution is 7.08. The van der Waals surface area contributed by atoms with Crippen LogP contribution in [0.4, 0.5) is 0 Å². The first-order chi connectivity index (χ1) is 10.3. The molecule has 3 heterocycles. The van der Waals surface area contributed by atoms with E-state index in [0.29, 0.717) is 12.1 Å². The van der Waals surface area contributed by atoms with E-state index < -0.39 is 0 Å². The number of hydrogen-bond acceptors (Lipinski definition) is 4. The van der Waals surface area contributed by atoms with Gasteiger partial charge in [-0.1, -0.05) is 0 Å². The Kier molecular flexibility index (Phi) is 4.02. The van der Waals surface area contributed by atoms with Gasteiger partial charge in [0.25, 0.3) is 5.91 Å². The van der Waals surface area contributed by atoms with Gasteiger partial charge in [-0.15, -0.1) is 0 Å². The number of pyridine rings is 2. The average Bonchev–Trinajstić information content (AvgIpc) is 3.08. The lowest BCUT2D eigenvalue weighted by Crippen LogP contribution is -2.22. The molecule has 3 aromatic heterocycles. The Bertz CT molecular complexity index is 726. The Morgan fingerprint density at radius 1 is 1.14 bits per heavy atom. The second kappa shape index (κ2) is 6.28. The zero-order valence-electron chi connectivity index (χ0n) is 11.2. The number of thiophene rings is 1. The van der Waals surface area contributed by atoms with Crippen molar-refractivity contribution in [3.05, 3.63) is 70.9 Å². The Balaban J connectivity index is 1.69. The predicted octanol–water partition coefficient (Wildman–Crippen LogP) is 3.14. The lowest BCUT2D eigenvalue weighted by Gasteiger charge is -2.06. The quantitative estimate of drug-likeness (QED) is 0.804. The first kappa shape index (κ1) is 13.5. The molecule has 0 saturated heterocycles. The molecule has 0 aliphatic rings. The molecule has 0 aliphatic heterocycles. The summed E-state index contributed by atoms with van der Waals surface area (Å²) in [6.45, 7) is 0.443. The Morgan fingerprint density at radius 2 is 2.10 bits per heavy atom. The summed E-state index contributed by atoms with van der Waals surface area (Å²) in [6.07, 6.45) is 6.79. The van der Waals surface area contributed by atoms with Crippen LogP contribution >= 0.6 is 11.3 Å². The van der Waals surface area contributed by atoms with Crippen LogP contribution in [0.15, 0.2) is 59.8 Å². The van der Waals surface area contributed by atoms with Crippen LogP contribution < -0.4 is 5.32 Å². The molecule has 0 bridgehead atoms. The predicted molar refractivity (Wildman–Crippen MR) is 83.0 cm³/mol. The number of amides is 1. The van der Waals surface area contributed by atoms with Gasteiger partial charge in [-0.3, -0.25) is 14.8 Å². The largest absolute Gasteiger partial charge is 0.348 e. The third-order valence-electron chi connectivity index (χ3n) is 3.03. The van der Waals surface area contributed by atoms with E-state index in [-0.39, 0.29) is 5.91 Å². The van der Waals surface area contributed by atoms with Crippen LogP contribution in [0.3, 0.4) is 0 Å². The van der Waals surface area contributed by atoms with Crippen molar-refractivity contribution in [2.24, 2.45) is 0 Å². The van der Waals surface area contributed by atoms with Crippen molar-refractivity contribution in [3.63, 3.8) is 0 Å². The van der Waals surface area contributed by atoms with E-state index in [4.69, 9.17) is 0 Å². The second-order valence-electron chi connectivity index (χ2n) is 4.52. The average molecular weight is 295 g/mol. The van der Waals surface area contributed by atoms with Gasteiger partial charge in [0, 0.05) is 36.9 Å². The van der Waals surface area contributed by atoms with E-state index in [1.807, 2.05) is 17.6 Å². The van der Waals surface area contributed by atoms with Gasteiger partial charge in [0.1, 0.15) is 0 Å². The van der Waals surface area contributed by atoms with Crippen molar-refractivity contribution < 1.29 is 4.79 Å². The van der Waals surface area contributed by atoms with Crippen LogP contribution in [-0.2, 0) is 6.54 Å². The lowest BCUT2D eigenvalue weighted by atomic mass is 10.1. The van der Waals surface area contributed by atoms with E-state index >= 15 is 0 Å². The molecular formula is C16H13N3OS. The fourth-order valence-corrected chi connectivity index (χ4v) is 2.62. The molecule has 0 atom stereocenters. The van der Waals surface area contributed by atoms with Crippen molar-refractivity contribution in [1.29, 1.82) is 0 Å². The topological polar surface area (TPSA) is 54.9 Å². The molecule has 21 heavy (non-hydrogen) atoms. The number of nitrogens with one attached hydrogen (secondary N) is 1. The third-order valence-corrected chi connectivity index (χ3v) is 3.71. The summed E-state index contributed by atoms with van der Waals surface area (Å²) < 4.78 is 0. The minimum atomic E-state index is -0.135. The zero-order valence-corrected chi connectivity index (χ0v) is 12.0. The molecule has 0 fully saturated rings. The summed E-state index contributed by atoms with van der Waals surface area (Å²) in [5.74, 6) is -0.135. The molecule has 4 nitrogen and oxygen atoms in total. The maximum absolute atomic E-state index is 12.0. The van der Waals surface area contributed by atoms with Gasteiger partial charge >= 0.3 is 0 Å². The molecule has 0 unspecified atom stereocenters. The van der Waals surface area contributed by atoms with E-state index in [1.54, 1.807) is 42.1 Å². The number of carbonyl (C=O) groups is 1. The number of aromatic nitrogens is 2. The van der Waals surface area contributed by atoms with E-state index in [9.17, 15) is 4.79 Å². The minimum Gasteiger partial charge on any atom is -0.348 e. The van der Waals surface area contributed by atoms with Crippen LogP contribution in [0, 0.1) is 0 Å². The first-order valence-corrected chi connectivity index (χ1v) is 7.42. The van der Waals surface area contributed by atoms with Crippen molar-refractivity contribution in [3.8, 4) is 11.1 Å². The highest BCUT2D eigenvalue weighted by Gasteiger charge is 2.06. The van der Waals surface area contributed by atoms with E-state index in [2.05, 4.69) is 26.7 Å². The van der Waals surface area contributed by atoms with Crippen LogP contribution in [0.5, 0.6) is 0 Å². The third kappa shape index (κ3) is 3.32. The summed E-state index contributed by atoms with van der Waals surface area (Å²) in [5, 5.41) is 6.98. The number of hydrogen-bond donors (Lipinski definition) is 1. The van der Waals surface area contributed by atoms with Crippen molar-refractivity contribution in [2.75, 3.05) is 0 Å². The maximum Gasteiger partial charge on any atom is 0.253 e. The summed E-state index contributed by atoms with van der Waals surface area (Å²) in [6, 6.07) is 7.58. The van der Waals surface area contributed by atoms with E-state index in [1.165, 1.54) is 0 Å². The van der Waals surface area contributed by atoms with Gasteiger partial charge in [0.2, 0.25) is 0 Å². The fourth-order valence-electron chi connectivity index (χ4n) is 1.95. The number of rotatable bonds is 4. The summed E-state index contributed by atoms with van der Waals surface area (Å²) >= 11 is 1.65. The molecule has 0 spiro atoms. The van der Waals surface area contributed by atoms with Gasteiger partial charge in [-0.05, 0) is 46.2 Å². The lowest BCUT2D eigenvalue weighted by molar-refractivity contribution is 0.0950.